The van der Waals surface area contributed by atoms with Crippen LogP contribution in [-0.2, 0) is 32.4 Å². The summed E-state index contributed by atoms with van der Waals surface area (Å²) < 4.78 is 66.2. The predicted octanol–water partition coefficient (Wildman–Crippen LogP) is 0.298. The second-order valence-corrected chi connectivity index (χ2v) is 8.29. The molecule has 0 aliphatic heterocycles. The third kappa shape index (κ3) is 7.13. The molecule has 0 saturated carbocycles. The summed E-state index contributed by atoms with van der Waals surface area (Å²) in [4.78, 5) is 29.0. The first-order chi connectivity index (χ1) is 15.3. The summed E-state index contributed by atoms with van der Waals surface area (Å²) in [5, 5.41) is 5.73. The zero-order valence-electron chi connectivity index (χ0n) is 17.2. The van der Waals surface area contributed by atoms with Crippen LogP contribution in [-0.4, -0.2) is 38.0 Å². The van der Waals surface area contributed by atoms with Crippen molar-refractivity contribution in [3.63, 3.8) is 0 Å². The van der Waals surface area contributed by atoms with Crippen LogP contribution in [0, 0.1) is 6.92 Å². The van der Waals surface area contributed by atoms with Gasteiger partial charge in [0.2, 0.25) is 11.9 Å². The second kappa shape index (κ2) is 10.2. The number of halogens is 3. The average Bonchev–Trinajstić information content (AvgIpc) is 2.72. The van der Waals surface area contributed by atoms with E-state index in [0.29, 0.717) is 17.8 Å². The number of pyridine rings is 1. The normalized spacial score (nSPS) is 11.5. The van der Waals surface area contributed by atoms with Crippen molar-refractivity contribution in [2.24, 2.45) is 16.6 Å². The monoisotopic (exact) mass is 490 g/mol. The number of nitrogens with zero attached hydrogens (tertiary/aromatic N) is 2. The number of guanidine groups is 1. The highest BCUT2D eigenvalue weighted by Gasteiger charge is 2.30. The molecule has 0 radical (unpaired) electrons. The van der Waals surface area contributed by atoms with Crippen molar-refractivity contribution in [1.29, 1.82) is 0 Å². The Hall–Kier alpha value is -3.75. The van der Waals surface area contributed by atoms with Gasteiger partial charge in [0.05, 0.1) is 17.0 Å². The Kier molecular flexibility index (Phi) is 7.92. The highest BCUT2D eigenvalue weighted by molar-refractivity contribution is 7.92. The summed E-state index contributed by atoms with van der Waals surface area (Å²) in [7, 11) is -4.36. The lowest BCUT2D eigenvalue weighted by Gasteiger charge is -2.14. The number of hydrogen-bond acceptors (Lipinski definition) is 6. The number of carbonyl (C=O) groups is 1. The Morgan fingerprint density at radius 3 is 2.36 bits per heavy atom. The minimum Gasteiger partial charge on any atom is -0.391 e. The molecule has 15 heteroatoms. The van der Waals surface area contributed by atoms with Gasteiger partial charge in [0.25, 0.3) is 15.6 Å². The van der Waals surface area contributed by atoms with Gasteiger partial charge in [-0.05, 0) is 48.5 Å². The third-order valence-corrected chi connectivity index (χ3v) is 5.50. The van der Waals surface area contributed by atoms with E-state index < -0.39 is 44.7 Å². The molecule has 2 rings (SSSR count). The van der Waals surface area contributed by atoms with Gasteiger partial charge in [0, 0.05) is 5.69 Å². The van der Waals surface area contributed by atoms with E-state index in [9.17, 15) is 31.2 Å². The highest BCUT2D eigenvalue weighted by Crippen LogP contribution is 2.29. The molecule has 0 unspecified atom stereocenters. The number of nitrogens with two attached hydrogens (primary N) is 2. The van der Waals surface area contributed by atoms with Crippen molar-refractivity contribution < 1.29 is 31.2 Å². The van der Waals surface area contributed by atoms with E-state index >= 15 is 0 Å². The van der Waals surface area contributed by atoms with Crippen LogP contribution in [0.2, 0.25) is 0 Å². The maximum Gasteiger partial charge on any atom is 0.416 e. The molecule has 11 nitrogen and oxygen atoms in total. The highest BCUT2D eigenvalue weighted by atomic mass is 32.2. The number of aryl methyl sites for hydroxylation is 1. The molecule has 33 heavy (non-hydrogen) atoms. The van der Waals surface area contributed by atoms with E-state index in [1.165, 1.54) is 19.1 Å². The number of rotatable bonds is 9. The molecule has 0 saturated heterocycles. The van der Waals surface area contributed by atoms with Gasteiger partial charge in [-0.25, -0.2) is 8.42 Å². The van der Waals surface area contributed by atoms with Crippen LogP contribution in [0.15, 0.2) is 51.2 Å². The first-order valence-corrected chi connectivity index (χ1v) is 10.7. The van der Waals surface area contributed by atoms with Crippen molar-refractivity contribution in [1.82, 2.24) is 9.88 Å². The molecule has 180 valence electrons. The van der Waals surface area contributed by atoms with E-state index in [0.717, 1.165) is 16.7 Å². The first kappa shape index (κ1) is 25.5. The number of oxime groups is 1. The molecule has 0 aliphatic rings. The summed E-state index contributed by atoms with van der Waals surface area (Å²) >= 11 is 0. The largest absolute Gasteiger partial charge is 0.416 e. The fourth-order valence-corrected chi connectivity index (χ4v) is 3.58. The molecule has 1 amide bonds. The van der Waals surface area contributed by atoms with Crippen LogP contribution in [0.4, 0.5) is 18.9 Å². The Morgan fingerprint density at radius 1 is 1.15 bits per heavy atom. The molecule has 6 N–H and O–H groups in total. The SMILES string of the molecule is Cc1ccc(NS(=O)(=O)c2ccc(C(F)(F)F)cc2)c(=O)n1CC(=O)NCCON=C(N)N. The molecule has 1 aromatic heterocycles. The van der Waals surface area contributed by atoms with Gasteiger partial charge in [0.1, 0.15) is 18.8 Å². The summed E-state index contributed by atoms with van der Waals surface area (Å²) in [5.74, 6) is -0.865. The minimum absolute atomic E-state index is 0.0314. The maximum absolute atomic E-state index is 12.7. The van der Waals surface area contributed by atoms with Crippen molar-refractivity contribution in [3.05, 3.63) is 58.0 Å². The van der Waals surface area contributed by atoms with Crippen LogP contribution in [0.3, 0.4) is 0 Å². The van der Waals surface area contributed by atoms with Gasteiger partial charge >= 0.3 is 6.18 Å². The van der Waals surface area contributed by atoms with Crippen LogP contribution in [0.25, 0.3) is 0 Å². The molecule has 1 heterocycles. The Labute approximate surface area is 186 Å². The number of hydrogen-bond donors (Lipinski definition) is 4. The van der Waals surface area contributed by atoms with Gasteiger partial charge < -0.3 is 26.2 Å². The van der Waals surface area contributed by atoms with Crippen molar-refractivity contribution >= 4 is 27.6 Å². The molecule has 0 atom stereocenters. The molecule has 2 aromatic rings. The van der Waals surface area contributed by atoms with Gasteiger partial charge in [-0.1, -0.05) is 0 Å². The summed E-state index contributed by atoms with van der Waals surface area (Å²) in [6.07, 6.45) is -4.63. The summed E-state index contributed by atoms with van der Waals surface area (Å²) in [6.45, 7) is 1.10. The van der Waals surface area contributed by atoms with E-state index in [2.05, 4.69) is 10.5 Å². The third-order valence-electron chi connectivity index (χ3n) is 4.12. The quantitative estimate of drug-likeness (QED) is 0.169. The Balaban J connectivity index is 2.14. The van der Waals surface area contributed by atoms with Crippen LogP contribution >= 0.6 is 0 Å². The number of sulfonamides is 1. The Morgan fingerprint density at radius 2 is 1.79 bits per heavy atom. The first-order valence-electron chi connectivity index (χ1n) is 9.19. The fourth-order valence-electron chi connectivity index (χ4n) is 2.53. The number of carbonyl (C=O) groups excluding carboxylic acids is 1. The number of amides is 1. The molecule has 1 aromatic carbocycles. The minimum atomic E-state index is -4.63. The fraction of sp³-hybridized carbons (Fsp3) is 0.278. The molecule has 0 fully saturated rings. The van der Waals surface area contributed by atoms with Crippen LogP contribution < -0.4 is 27.1 Å². The van der Waals surface area contributed by atoms with Crippen molar-refractivity contribution in [2.45, 2.75) is 24.5 Å². The summed E-state index contributed by atoms with van der Waals surface area (Å²) in [6, 6.07) is 5.37. The van der Waals surface area contributed by atoms with Gasteiger partial charge in [0.15, 0.2) is 0 Å². The predicted molar refractivity (Wildman–Crippen MR) is 112 cm³/mol. The number of nitrogens with one attached hydrogen (secondary N) is 2. The Bertz CT molecular complexity index is 1190. The number of aromatic nitrogens is 1. The lowest BCUT2D eigenvalue weighted by molar-refractivity contribution is -0.137. The topological polar surface area (TPSA) is 171 Å². The maximum atomic E-state index is 12.7. The van der Waals surface area contributed by atoms with E-state index in [1.807, 2.05) is 4.72 Å². The summed E-state index contributed by atoms with van der Waals surface area (Å²) in [5.41, 5.74) is 8.28. The lowest BCUT2D eigenvalue weighted by atomic mass is 10.2. The lowest BCUT2D eigenvalue weighted by Crippen LogP contribution is -2.36. The zero-order chi connectivity index (χ0) is 24.8. The van der Waals surface area contributed by atoms with Gasteiger partial charge in [-0.2, -0.15) is 13.2 Å². The van der Waals surface area contributed by atoms with Crippen molar-refractivity contribution in [3.8, 4) is 0 Å². The van der Waals surface area contributed by atoms with Gasteiger partial charge in [-0.15, -0.1) is 0 Å². The number of benzene rings is 1. The molecular weight excluding hydrogens is 469 g/mol. The number of alkyl halides is 3. The average molecular weight is 490 g/mol. The van der Waals surface area contributed by atoms with Crippen molar-refractivity contribution in [2.75, 3.05) is 17.9 Å². The molecule has 0 spiro atoms. The number of anilines is 1. The molecular formula is C18H21F3N6O5S. The molecule has 0 bridgehead atoms. The van der Waals surface area contributed by atoms with Crippen LogP contribution in [0.1, 0.15) is 11.3 Å². The zero-order valence-corrected chi connectivity index (χ0v) is 18.0. The van der Waals surface area contributed by atoms with Gasteiger partial charge in [-0.3, -0.25) is 14.3 Å². The smallest absolute Gasteiger partial charge is 0.391 e. The molecule has 0 aliphatic carbocycles. The van der Waals surface area contributed by atoms with Crippen LogP contribution in [0.5, 0.6) is 0 Å². The standard InChI is InChI=1S/C18H21F3N6O5S/c1-11-2-7-14(16(29)27(11)10-15(28)24-8-9-32-25-17(22)23)26-33(30,31)13-5-3-12(4-6-13)18(19,20)21/h2-7,26H,8-10H2,1H3,(H,24,28)(H4,22,23,25). The second-order valence-electron chi connectivity index (χ2n) is 6.61. The van der Waals surface area contributed by atoms with E-state index in [1.54, 1.807) is 0 Å². The van der Waals surface area contributed by atoms with E-state index in [-0.39, 0.29) is 24.8 Å². The van der Waals surface area contributed by atoms with E-state index in [4.69, 9.17) is 16.3 Å².